The summed E-state index contributed by atoms with van der Waals surface area (Å²) in [5.74, 6) is -4.89. The Morgan fingerprint density at radius 2 is 1.38 bits per heavy atom. The van der Waals surface area contributed by atoms with E-state index in [4.69, 9.17) is 5.73 Å². The van der Waals surface area contributed by atoms with E-state index in [2.05, 4.69) is 45.6 Å². The van der Waals surface area contributed by atoms with Crippen LogP contribution < -0.4 is 32.3 Å². The SMILES string of the molecule is CCCCCCCc1ccc2cc(C(=O)N[C@H]3CCCNC(=O)[C@@H]4C[C@H](N)CN4C(=O)[C@H](C(C)O)NC(=O)[C@H](CCc4ccc(O)cc4)NC(=O)[C@@H]4CCCN4C(=O)[C@H](C(C)O)NC3=O)ccc2c1. The number of unbranched alkanes of at least 4 members (excludes halogenated alkanes) is 4. The smallest absolute Gasteiger partial charge is 0.251 e. The van der Waals surface area contributed by atoms with Crippen LogP contribution in [0.3, 0.4) is 0 Å². The molecule has 3 fully saturated rings. The summed E-state index contributed by atoms with van der Waals surface area (Å²) in [5, 5.41) is 47.1. The molecule has 3 aliphatic rings. The first-order valence-corrected chi connectivity index (χ1v) is 24.6. The number of hydrogen-bond acceptors (Lipinski definition) is 11. The molecule has 0 bridgehead atoms. The summed E-state index contributed by atoms with van der Waals surface area (Å²) in [6.07, 6.45) is 4.99. The molecule has 6 rings (SSSR count). The maximum atomic E-state index is 14.3. The lowest BCUT2D eigenvalue weighted by molar-refractivity contribution is -0.145. The molecule has 9 atom stereocenters. The number of rotatable bonds is 13. The summed E-state index contributed by atoms with van der Waals surface area (Å²) in [4.78, 5) is 101. The van der Waals surface area contributed by atoms with Crippen LogP contribution in [0.2, 0.25) is 0 Å². The van der Waals surface area contributed by atoms with Gasteiger partial charge < -0.3 is 57.4 Å². The van der Waals surface area contributed by atoms with Gasteiger partial charge in [0.2, 0.25) is 35.4 Å². The van der Waals surface area contributed by atoms with E-state index in [9.17, 15) is 48.9 Å². The normalized spacial score (nSPS) is 25.4. The van der Waals surface area contributed by atoms with Gasteiger partial charge in [0.1, 0.15) is 42.0 Å². The number of phenols is 1. The number of nitrogens with one attached hydrogen (secondary N) is 5. The van der Waals surface area contributed by atoms with Crippen LogP contribution in [-0.2, 0) is 41.6 Å². The van der Waals surface area contributed by atoms with Gasteiger partial charge >= 0.3 is 0 Å². The number of phenolic OH excluding ortho intramolecular Hbond substituents is 1. The molecule has 18 nitrogen and oxygen atoms in total. The molecule has 7 amide bonds. The molecule has 3 aromatic carbocycles. The van der Waals surface area contributed by atoms with Gasteiger partial charge in [0, 0.05) is 31.2 Å². The molecule has 3 heterocycles. The van der Waals surface area contributed by atoms with Gasteiger partial charge in [-0.3, -0.25) is 33.6 Å². The van der Waals surface area contributed by atoms with Gasteiger partial charge in [-0.15, -0.1) is 0 Å². The van der Waals surface area contributed by atoms with Crippen molar-refractivity contribution in [3.8, 4) is 5.75 Å². The van der Waals surface area contributed by atoms with E-state index in [1.807, 2.05) is 12.1 Å². The standard InChI is InChI=1S/C51H70N8O10/c1-4-5-6-7-8-11-33-14-18-35-27-36(20-19-34(35)26-33)45(63)54-39-12-9-24-53-48(66)42-28-37(52)29-59(42)51(69)44(31(3)61)57-47(65)40(23-17-32-15-21-38(62)22-16-32)55-49(67)41-13-10-25-58(41)50(68)43(30(2)60)56-46(39)64/h14-16,18-22,26-27,30-31,37,39-44,60-62H,4-13,17,23-25,28-29,52H2,1-3H3,(H,53,66)(H,54,63)(H,55,67)(H,56,64)(H,57,65)/t30?,31?,37-,39-,40-,41-,42-,43-,44-/m0/s1. The molecular formula is C51H70N8O10. The number of nitrogens with two attached hydrogens (primary N) is 1. The number of benzene rings is 3. The van der Waals surface area contributed by atoms with E-state index in [0.29, 0.717) is 12.0 Å². The molecule has 3 aliphatic heterocycles. The van der Waals surface area contributed by atoms with E-state index >= 15 is 0 Å². The zero-order chi connectivity index (χ0) is 49.8. The molecule has 0 radical (unpaired) electrons. The van der Waals surface area contributed by atoms with Gasteiger partial charge in [0.25, 0.3) is 5.91 Å². The number of carbonyl (C=O) groups is 7. The molecule has 0 spiro atoms. The third kappa shape index (κ3) is 13.8. The Bertz CT molecular complexity index is 2310. The van der Waals surface area contributed by atoms with Gasteiger partial charge in [-0.25, -0.2) is 0 Å². The minimum Gasteiger partial charge on any atom is -0.508 e. The Labute approximate surface area is 403 Å². The predicted molar refractivity (Wildman–Crippen MR) is 258 cm³/mol. The second-order valence-corrected chi connectivity index (χ2v) is 18.9. The third-order valence-electron chi connectivity index (χ3n) is 13.5. The van der Waals surface area contributed by atoms with Gasteiger partial charge in [0.05, 0.1) is 12.2 Å². The van der Waals surface area contributed by atoms with Crippen molar-refractivity contribution in [2.75, 3.05) is 19.6 Å². The Morgan fingerprint density at radius 1 is 0.725 bits per heavy atom. The van der Waals surface area contributed by atoms with Crippen molar-refractivity contribution >= 4 is 52.1 Å². The molecule has 0 aliphatic carbocycles. The van der Waals surface area contributed by atoms with Crippen molar-refractivity contribution < 1.29 is 48.9 Å². The summed E-state index contributed by atoms with van der Waals surface area (Å²) >= 11 is 0. The van der Waals surface area contributed by atoms with E-state index < -0.39 is 95.9 Å². The van der Waals surface area contributed by atoms with Crippen molar-refractivity contribution in [2.24, 2.45) is 5.73 Å². The highest BCUT2D eigenvalue weighted by Gasteiger charge is 2.44. The lowest BCUT2D eigenvalue weighted by Crippen LogP contribution is -2.61. The highest BCUT2D eigenvalue weighted by atomic mass is 16.3. The van der Waals surface area contributed by atoms with Crippen LogP contribution in [0.4, 0.5) is 0 Å². The first kappa shape index (κ1) is 52.3. The average Bonchev–Trinajstić information content (AvgIpc) is 3.99. The maximum absolute atomic E-state index is 14.3. The van der Waals surface area contributed by atoms with E-state index in [0.717, 1.165) is 29.2 Å². The fourth-order valence-electron chi connectivity index (χ4n) is 9.49. The Balaban J connectivity index is 1.27. The van der Waals surface area contributed by atoms with E-state index in [1.165, 1.54) is 67.0 Å². The Hall–Kier alpha value is -6.11. The Morgan fingerprint density at radius 3 is 2.09 bits per heavy atom. The van der Waals surface area contributed by atoms with Gasteiger partial charge in [-0.05, 0) is 118 Å². The summed E-state index contributed by atoms with van der Waals surface area (Å²) in [7, 11) is 0. The second-order valence-electron chi connectivity index (χ2n) is 18.9. The zero-order valence-corrected chi connectivity index (χ0v) is 40.0. The van der Waals surface area contributed by atoms with Crippen LogP contribution in [-0.4, -0.2) is 141 Å². The monoisotopic (exact) mass is 955 g/mol. The van der Waals surface area contributed by atoms with E-state index in [-0.39, 0.29) is 63.9 Å². The minimum absolute atomic E-state index is 0.00219. The number of aromatic hydroxyl groups is 1. The molecule has 374 valence electrons. The van der Waals surface area contributed by atoms with Crippen LogP contribution in [0.15, 0.2) is 60.7 Å². The summed E-state index contributed by atoms with van der Waals surface area (Å²) < 4.78 is 0. The molecule has 10 N–H and O–H groups in total. The van der Waals surface area contributed by atoms with Gasteiger partial charge in [-0.1, -0.05) is 69.0 Å². The highest BCUT2D eigenvalue weighted by Crippen LogP contribution is 2.24. The number of carbonyl (C=O) groups excluding carboxylic acids is 7. The molecule has 69 heavy (non-hydrogen) atoms. The van der Waals surface area contributed by atoms with Crippen molar-refractivity contribution in [3.63, 3.8) is 0 Å². The average molecular weight is 955 g/mol. The molecule has 0 saturated carbocycles. The molecule has 0 aromatic heterocycles. The number of nitrogens with zero attached hydrogens (tertiary/aromatic N) is 2. The number of aliphatic hydroxyl groups excluding tert-OH is 2. The van der Waals surface area contributed by atoms with Crippen LogP contribution in [0, 0.1) is 0 Å². The lowest BCUT2D eigenvalue weighted by atomic mass is 10.00. The fourth-order valence-corrected chi connectivity index (χ4v) is 9.49. The molecule has 18 heteroatoms. The van der Waals surface area contributed by atoms with Crippen LogP contribution in [0.25, 0.3) is 10.8 Å². The molecule has 3 aromatic rings. The number of amides is 7. The molecule has 3 saturated heterocycles. The van der Waals surface area contributed by atoms with Crippen molar-refractivity contribution in [1.82, 2.24) is 36.4 Å². The number of fused-ring (bicyclic) bond motifs is 3. The van der Waals surface area contributed by atoms with Crippen molar-refractivity contribution in [2.45, 2.75) is 159 Å². The number of aliphatic hydroxyl groups is 2. The first-order chi connectivity index (χ1) is 33.0. The van der Waals surface area contributed by atoms with E-state index in [1.54, 1.807) is 24.3 Å². The zero-order valence-electron chi connectivity index (χ0n) is 40.0. The second kappa shape index (κ2) is 24.4. The van der Waals surface area contributed by atoms with Crippen molar-refractivity contribution in [1.29, 1.82) is 0 Å². The lowest BCUT2D eigenvalue weighted by Gasteiger charge is -2.32. The number of hydrogen-bond donors (Lipinski definition) is 9. The Kier molecular flexibility index (Phi) is 18.5. The third-order valence-corrected chi connectivity index (χ3v) is 13.5. The maximum Gasteiger partial charge on any atom is 0.251 e. The summed E-state index contributed by atoms with van der Waals surface area (Å²) in [6.45, 7) is 4.89. The topological polar surface area (TPSA) is 273 Å². The van der Waals surface area contributed by atoms with Crippen molar-refractivity contribution in [3.05, 3.63) is 77.4 Å². The predicted octanol–water partition coefficient (Wildman–Crippen LogP) is 1.83. The number of aryl methyl sites for hydroxylation is 2. The van der Waals surface area contributed by atoms with Gasteiger partial charge in [-0.2, -0.15) is 0 Å². The molecule has 2 unspecified atom stereocenters. The quantitative estimate of drug-likeness (QED) is 0.112. The van der Waals surface area contributed by atoms with Crippen LogP contribution in [0.1, 0.15) is 113 Å². The van der Waals surface area contributed by atoms with Crippen LogP contribution >= 0.6 is 0 Å². The summed E-state index contributed by atoms with van der Waals surface area (Å²) in [5.41, 5.74) is 8.50. The minimum atomic E-state index is -1.54. The fraction of sp³-hybridized carbons (Fsp3) is 0.549. The van der Waals surface area contributed by atoms with Crippen LogP contribution in [0.5, 0.6) is 5.75 Å². The highest BCUT2D eigenvalue weighted by molar-refractivity contribution is 6.02. The van der Waals surface area contributed by atoms with Gasteiger partial charge in [0.15, 0.2) is 0 Å². The largest absolute Gasteiger partial charge is 0.508 e. The molecular weight excluding hydrogens is 885 g/mol. The summed E-state index contributed by atoms with van der Waals surface area (Å²) in [6, 6.07) is 9.27. The first-order valence-electron chi connectivity index (χ1n) is 24.6.